The van der Waals surface area contributed by atoms with Crippen molar-refractivity contribution >= 4 is 24.2 Å². The number of hydrogen-bond acceptors (Lipinski definition) is 8. The fourth-order valence-electron chi connectivity index (χ4n) is 2.36. The summed E-state index contributed by atoms with van der Waals surface area (Å²) in [7, 11) is 3.38. The number of aldehydes is 1. The van der Waals surface area contributed by atoms with Crippen LogP contribution in [0.3, 0.4) is 0 Å². The fraction of sp³-hybridized carbons (Fsp3) is 0.750. The van der Waals surface area contributed by atoms with Gasteiger partial charge in [0, 0.05) is 39.3 Å². The molecule has 0 radical (unpaired) electrons. The molecule has 0 atom stereocenters. The van der Waals surface area contributed by atoms with Gasteiger partial charge in [-0.3, -0.25) is 34.0 Å². The molecule has 156 valence electrons. The maximum absolute atomic E-state index is 11.0. The van der Waals surface area contributed by atoms with Crippen molar-refractivity contribution in [2.75, 3.05) is 79.5 Å². The maximum atomic E-state index is 11.0. The van der Waals surface area contributed by atoms with E-state index in [-0.39, 0.29) is 26.2 Å². The van der Waals surface area contributed by atoms with E-state index in [1.54, 1.807) is 33.7 Å². The molecule has 0 aromatic rings. The highest BCUT2D eigenvalue weighted by Gasteiger charge is 2.16. The molecule has 0 aliphatic heterocycles. The van der Waals surface area contributed by atoms with E-state index in [0.717, 1.165) is 6.29 Å². The highest BCUT2D eigenvalue weighted by molar-refractivity contribution is 5.69. The molecular weight excluding hydrogens is 360 g/mol. The summed E-state index contributed by atoms with van der Waals surface area (Å²) < 4.78 is 0. The SMILES string of the molecule is CN(CC=O)CCN(CCN(CCN(C)CC(=O)O)CC(=O)O)CC(=O)O. The van der Waals surface area contributed by atoms with Crippen molar-refractivity contribution < 1.29 is 34.5 Å². The molecule has 0 unspecified atom stereocenters. The lowest BCUT2D eigenvalue weighted by Crippen LogP contribution is -2.44. The number of nitrogens with zero attached hydrogens (tertiary/aromatic N) is 4. The van der Waals surface area contributed by atoms with Crippen LogP contribution in [-0.4, -0.2) is 139 Å². The highest BCUT2D eigenvalue weighted by atomic mass is 16.4. The van der Waals surface area contributed by atoms with Crippen molar-refractivity contribution in [3.63, 3.8) is 0 Å². The molecular formula is C16H30N4O7. The van der Waals surface area contributed by atoms with Crippen LogP contribution in [0.5, 0.6) is 0 Å². The topological polar surface area (TPSA) is 142 Å². The molecule has 0 aliphatic carbocycles. The quantitative estimate of drug-likeness (QED) is 0.235. The second-order valence-corrected chi connectivity index (χ2v) is 6.40. The molecule has 11 heteroatoms. The Bertz CT molecular complexity index is 489. The summed E-state index contributed by atoms with van der Waals surface area (Å²) in [6.07, 6.45) is 0.768. The van der Waals surface area contributed by atoms with Crippen molar-refractivity contribution in [3.8, 4) is 0 Å². The number of carbonyl (C=O) groups excluding carboxylic acids is 1. The smallest absolute Gasteiger partial charge is 0.317 e. The molecule has 0 rings (SSSR count). The first-order chi connectivity index (χ1) is 12.6. The van der Waals surface area contributed by atoms with Gasteiger partial charge in [0.1, 0.15) is 6.29 Å². The summed E-state index contributed by atoms with van der Waals surface area (Å²) in [6.45, 7) is 2.04. The van der Waals surface area contributed by atoms with Gasteiger partial charge in [0.15, 0.2) is 0 Å². The van der Waals surface area contributed by atoms with Gasteiger partial charge in [-0.25, -0.2) is 0 Å². The summed E-state index contributed by atoms with van der Waals surface area (Å²) in [6, 6.07) is 0. The van der Waals surface area contributed by atoms with Crippen LogP contribution in [0.1, 0.15) is 0 Å². The first kappa shape index (κ1) is 24.9. The average Bonchev–Trinajstić information content (AvgIpc) is 2.53. The van der Waals surface area contributed by atoms with E-state index < -0.39 is 17.9 Å². The number of carboxylic acids is 3. The van der Waals surface area contributed by atoms with Crippen LogP contribution >= 0.6 is 0 Å². The highest BCUT2D eigenvalue weighted by Crippen LogP contribution is 1.96. The van der Waals surface area contributed by atoms with E-state index in [9.17, 15) is 19.2 Å². The largest absolute Gasteiger partial charge is 0.480 e. The zero-order valence-corrected chi connectivity index (χ0v) is 15.9. The van der Waals surface area contributed by atoms with Gasteiger partial charge in [0.2, 0.25) is 0 Å². The first-order valence-corrected chi connectivity index (χ1v) is 8.54. The Morgan fingerprint density at radius 2 is 1.04 bits per heavy atom. The second-order valence-electron chi connectivity index (χ2n) is 6.40. The number of aliphatic carboxylic acids is 3. The van der Waals surface area contributed by atoms with Gasteiger partial charge in [-0.15, -0.1) is 0 Å². The molecule has 0 spiro atoms. The third kappa shape index (κ3) is 14.7. The predicted molar refractivity (Wildman–Crippen MR) is 96.8 cm³/mol. The minimum Gasteiger partial charge on any atom is -0.480 e. The van der Waals surface area contributed by atoms with Gasteiger partial charge in [-0.2, -0.15) is 0 Å². The Kier molecular flexibility index (Phi) is 13.0. The Hall–Kier alpha value is -2.08. The summed E-state index contributed by atoms with van der Waals surface area (Å²) in [5.41, 5.74) is 0. The number of likely N-dealkylation sites (N-methyl/N-ethyl adjacent to an activating group) is 2. The number of hydrogen-bond donors (Lipinski definition) is 3. The molecule has 0 aromatic carbocycles. The minimum atomic E-state index is -1.01. The standard InChI is InChI=1S/C16H30N4O7/c1-17(9-10-21)3-5-19(12-15(24)25)7-8-20(13-16(26)27)6-4-18(2)11-14(22)23/h10H,3-9,11-13H2,1-2H3,(H,22,23)(H,24,25)(H,26,27). The van der Waals surface area contributed by atoms with Crippen molar-refractivity contribution in [3.05, 3.63) is 0 Å². The van der Waals surface area contributed by atoms with Gasteiger partial charge in [0.25, 0.3) is 0 Å². The molecule has 0 saturated carbocycles. The second kappa shape index (κ2) is 14.0. The van der Waals surface area contributed by atoms with Crippen LogP contribution in [0.2, 0.25) is 0 Å². The van der Waals surface area contributed by atoms with Crippen LogP contribution in [0.4, 0.5) is 0 Å². The average molecular weight is 390 g/mol. The molecule has 0 saturated heterocycles. The summed E-state index contributed by atoms with van der Waals surface area (Å²) in [5, 5.41) is 26.8. The Balaban J connectivity index is 4.63. The Labute approximate surface area is 158 Å². The van der Waals surface area contributed by atoms with Crippen LogP contribution in [-0.2, 0) is 19.2 Å². The van der Waals surface area contributed by atoms with Gasteiger partial charge in [-0.05, 0) is 14.1 Å². The van der Waals surface area contributed by atoms with Crippen LogP contribution in [0, 0.1) is 0 Å². The van der Waals surface area contributed by atoms with E-state index in [1.165, 1.54) is 0 Å². The van der Waals surface area contributed by atoms with Gasteiger partial charge in [-0.1, -0.05) is 0 Å². The number of carboxylic acid groups (broad SMARTS) is 3. The third-order valence-electron chi connectivity index (χ3n) is 3.84. The van der Waals surface area contributed by atoms with Gasteiger partial charge >= 0.3 is 17.9 Å². The normalized spacial score (nSPS) is 11.5. The lowest BCUT2D eigenvalue weighted by molar-refractivity contribution is -0.140. The molecule has 11 nitrogen and oxygen atoms in total. The van der Waals surface area contributed by atoms with Crippen molar-refractivity contribution in [2.24, 2.45) is 0 Å². The maximum Gasteiger partial charge on any atom is 0.317 e. The Morgan fingerprint density at radius 1 is 0.667 bits per heavy atom. The zero-order chi connectivity index (χ0) is 20.8. The Morgan fingerprint density at radius 3 is 1.41 bits per heavy atom. The predicted octanol–water partition coefficient (Wildman–Crippen LogP) is -2.09. The molecule has 0 amide bonds. The molecule has 0 bridgehead atoms. The third-order valence-corrected chi connectivity index (χ3v) is 3.84. The number of carbonyl (C=O) groups is 4. The fourth-order valence-corrected chi connectivity index (χ4v) is 2.36. The van der Waals surface area contributed by atoms with Crippen molar-refractivity contribution in [1.29, 1.82) is 0 Å². The van der Waals surface area contributed by atoms with Crippen LogP contribution < -0.4 is 0 Å². The lowest BCUT2D eigenvalue weighted by atomic mass is 10.3. The summed E-state index contributed by atoms with van der Waals surface area (Å²) in [5.74, 6) is -2.96. The van der Waals surface area contributed by atoms with Crippen LogP contribution in [0.15, 0.2) is 0 Å². The van der Waals surface area contributed by atoms with Gasteiger partial charge < -0.3 is 20.1 Å². The summed E-state index contributed by atoms with van der Waals surface area (Å²) >= 11 is 0. The molecule has 0 aliphatic rings. The monoisotopic (exact) mass is 390 g/mol. The summed E-state index contributed by atoms with van der Waals surface area (Å²) in [4.78, 5) is 49.9. The van der Waals surface area contributed by atoms with Gasteiger partial charge in [0.05, 0.1) is 26.2 Å². The van der Waals surface area contributed by atoms with E-state index >= 15 is 0 Å². The molecule has 0 fully saturated rings. The van der Waals surface area contributed by atoms with E-state index in [2.05, 4.69) is 0 Å². The molecule has 27 heavy (non-hydrogen) atoms. The first-order valence-electron chi connectivity index (χ1n) is 8.54. The van der Waals surface area contributed by atoms with Crippen molar-refractivity contribution in [2.45, 2.75) is 0 Å². The van der Waals surface area contributed by atoms with E-state index in [0.29, 0.717) is 39.3 Å². The molecule has 0 aromatic heterocycles. The lowest BCUT2D eigenvalue weighted by Gasteiger charge is -2.28. The number of rotatable bonds is 17. The molecule has 0 heterocycles. The molecule has 3 N–H and O–H groups in total. The minimum absolute atomic E-state index is 0.144. The van der Waals surface area contributed by atoms with E-state index in [4.69, 9.17) is 15.3 Å². The zero-order valence-electron chi connectivity index (χ0n) is 15.9. The van der Waals surface area contributed by atoms with Crippen molar-refractivity contribution in [1.82, 2.24) is 19.6 Å². The van der Waals surface area contributed by atoms with E-state index in [1.807, 2.05) is 0 Å². The van der Waals surface area contributed by atoms with Crippen LogP contribution in [0.25, 0.3) is 0 Å².